The van der Waals surface area contributed by atoms with Gasteiger partial charge >= 0.3 is 0 Å². The van der Waals surface area contributed by atoms with Crippen LogP contribution in [0.2, 0.25) is 0 Å². The summed E-state index contributed by atoms with van der Waals surface area (Å²) in [6.45, 7) is 2.62. The molecule has 0 aliphatic carbocycles. The summed E-state index contributed by atoms with van der Waals surface area (Å²) in [6, 6.07) is 10.1. The first kappa shape index (κ1) is 22.0. The van der Waals surface area contributed by atoms with Gasteiger partial charge < -0.3 is 18.8 Å². The van der Waals surface area contributed by atoms with Crippen molar-refractivity contribution >= 4 is 23.2 Å². The van der Waals surface area contributed by atoms with E-state index in [1.165, 1.54) is 17.4 Å². The van der Waals surface area contributed by atoms with Crippen molar-refractivity contribution in [3.8, 4) is 28.5 Å². The number of aromatic nitrogens is 1. The Morgan fingerprint density at radius 3 is 2.42 bits per heavy atom. The maximum atomic E-state index is 11.1. The molecule has 0 atom stereocenters. The third-order valence-corrected chi connectivity index (χ3v) is 5.36. The highest BCUT2D eigenvalue weighted by Crippen LogP contribution is 2.37. The number of non-ortho nitro benzene ring substituents is 1. The zero-order valence-corrected chi connectivity index (χ0v) is 18.4. The number of hydrogen-bond donors (Lipinski definition) is 0. The summed E-state index contributed by atoms with van der Waals surface area (Å²) in [4.78, 5) is 11.4. The summed E-state index contributed by atoms with van der Waals surface area (Å²) >= 11 is 1.41. The minimum Gasteiger partial charge on any atom is -0.493 e. The van der Waals surface area contributed by atoms with Crippen LogP contribution in [-0.4, -0.2) is 37.0 Å². The second-order valence-corrected chi connectivity index (χ2v) is 7.10. The molecule has 0 aliphatic rings. The lowest BCUT2D eigenvalue weighted by molar-refractivity contribution is -0.384. The quantitative estimate of drug-likeness (QED) is 0.297. The van der Waals surface area contributed by atoms with Crippen molar-refractivity contribution in [1.29, 1.82) is 0 Å². The van der Waals surface area contributed by atoms with E-state index >= 15 is 0 Å². The number of nitro benzene ring substituents is 1. The van der Waals surface area contributed by atoms with E-state index in [9.17, 15) is 10.1 Å². The fraction of sp³-hybridized carbons (Fsp3) is 0.238. The monoisotopic (exact) mass is 442 g/mol. The average molecular weight is 442 g/mol. The lowest BCUT2D eigenvalue weighted by atomic mass is 10.1. The largest absolute Gasteiger partial charge is 0.493 e. The molecule has 1 heterocycles. The summed E-state index contributed by atoms with van der Waals surface area (Å²) in [7, 11) is 4.64. The van der Waals surface area contributed by atoms with E-state index in [2.05, 4.69) is 10.2 Å². The lowest BCUT2D eigenvalue weighted by Crippen LogP contribution is -2.14. The smallest absolute Gasteiger partial charge is 0.270 e. The van der Waals surface area contributed by atoms with Crippen LogP contribution in [0, 0.1) is 10.1 Å². The highest BCUT2D eigenvalue weighted by molar-refractivity contribution is 7.07. The van der Waals surface area contributed by atoms with E-state index in [0.717, 1.165) is 16.8 Å². The first-order chi connectivity index (χ1) is 15.0. The number of hydrogen-bond acceptors (Lipinski definition) is 8. The van der Waals surface area contributed by atoms with Crippen LogP contribution in [0.4, 0.5) is 5.69 Å². The molecule has 0 saturated heterocycles. The summed E-state index contributed by atoms with van der Waals surface area (Å²) in [6.07, 6.45) is 1.59. The van der Waals surface area contributed by atoms with Crippen molar-refractivity contribution in [2.24, 2.45) is 10.2 Å². The zero-order chi connectivity index (χ0) is 22.4. The third-order valence-electron chi connectivity index (χ3n) is 4.50. The van der Waals surface area contributed by atoms with E-state index in [0.29, 0.717) is 28.6 Å². The van der Waals surface area contributed by atoms with Gasteiger partial charge in [-0.15, -0.1) is 16.4 Å². The SMILES string of the molecule is CCn1c(-c2cccc([N+](=O)[O-])c2)cs/c1=N\N=C/c1cc(OC)c(OC)c(OC)c1. The Kier molecular flexibility index (Phi) is 7.03. The number of ether oxygens (including phenoxy) is 3. The Bertz CT molecular complexity index is 1160. The van der Waals surface area contributed by atoms with Crippen molar-refractivity contribution in [2.75, 3.05) is 21.3 Å². The Balaban J connectivity index is 1.96. The Morgan fingerprint density at radius 1 is 1.13 bits per heavy atom. The Labute approximate surface area is 183 Å². The molecule has 0 aliphatic heterocycles. The molecule has 1 aromatic heterocycles. The number of benzene rings is 2. The van der Waals surface area contributed by atoms with Gasteiger partial charge in [-0.1, -0.05) is 12.1 Å². The van der Waals surface area contributed by atoms with Crippen LogP contribution < -0.4 is 19.0 Å². The molecule has 0 N–H and O–H groups in total. The lowest BCUT2D eigenvalue weighted by Gasteiger charge is -2.12. The van der Waals surface area contributed by atoms with Crippen molar-refractivity contribution in [3.05, 3.63) is 62.3 Å². The minimum absolute atomic E-state index is 0.0465. The van der Waals surface area contributed by atoms with Crippen LogP contribution >= 0.6 is 11.3 Å². The van der Waals surface area contributed by atoms with Crippen LogP contribution in [-0.2, 0) is 6.54 Å². The second kappa shape index (κ2) is 9.90. The highest BCUT2D eigenvalue weighted by atomic mass is 32.1. The Morgan fingerprint density at radius 2 is 1.84 bits per heavy atom. The van der Waals surface area contributed by atoms with E-state index in [1.807, 2.05) is 22.9 Å². The van der Waals surface area contributed by atoms with Gasteiger partial charge in [-0.05, 0) is 19.1 Å². The fourth-order valence-electron chi connectivity index (χ4n) is 3.05. The normalized spacial score (nSPS) is 11.7. The molecule has 0 unspecified atom stereocenters. The van der Waals surface area contributed by atoms with Crippen LogP contribution in [0.25, 0.3) is 11.3 Å². The van der Waals surface area contributed by atoms with Gasteiger partial charge in [0.15, 0.2) is 11.5 Å². The molecule has 0 fully saturated rings. The van der Waals surface area contributed by atoms with Gasteiger partial charge in [0.25, 0.3) is 5.69 Å². The van der Waals surface area contributed by atoms with Crippen molar-refractivity contribution in [2.45, 2.75) is 13.5 Å². The van der Waals surface area contributed by atoms with Gasteiger partial charge in [0, 0.05) is 35.2 Å². The topological polar surface area (TPSA) is 100 Å². The number of rotatable bonds is 8. The van der Waals surface area contributed by atoms with Crippen molar-refractivity contribution in [3.63, 3.8) is 0 Å². The molecule has 0 saturated carbocycles. The molecule has 0 spiro atoms. The van der Waals surface area contributed by atoms with Crippen LogP contribution in [0.15, 0.2) is 52.0 Å². The van der Waals surface area contributed by atoms with Gasteiger partial charge in [-0.25, -0.2) is 0 Å². The summed E-state index contributed by atoms with van der Waals surface area (Å²) in [5, 5.41) is 21.5. The summed E-state index contributed by atoms with van der Waals surface area (Å²) in [5.41, 5.74) is 2.38. The third kappa shape index (κ3) is 4.75. The van der Waals surface area contributed by atoms with Gasteiger partial charge in [0.1, 0.15) is 0 Å². The number of thiazole rings is 1. The molecule has 0 amide bonds. The molecule has 31 heavy (non-hydrogen) atoms. The predicted octanol–water partition coefficient (Wildman–Crippen LogP) is 4.11. The zero-order valence-electron chi connectivity index (χ0n) is 17.6. The van der Waals surface area contributed by atoms with Gasteiger partial charge in [0.2, 0.25) is 10.6 Å². The van der Waals surface area contributed by atoms with Gasteiger partial charge in [-0.3, -0.25) is 10.1 Å². The molecule has 3 aromatic rings. The molecule has 0 bridgehead atoms. The number of nitro groups is 1. The predicted molar refractivity (Wildman–Crippen MR) is 119 cm³/mol. The maximum absolute atomic E-state index is 11.1. The molecule has 3 rings (SSSR count). The standard InChI is InChI=1S/C21H22N4O5S/c1-5-24-17(15-7-6-8-16(11-15)25(26)27)13-31-21(24)23-22-12-14-9-18(28-2)20(30-4)19(10-14)29-3/h6-13H,5H2,1-4H3/b22-12-,23-21-. The molecular formula is C21H22N4O5S. The van der Waals surface area contributed by atoms with Gasteiger partial charge in [0.05, 0.1) is 38.2 Å². The Hall–Kier alpha value is -3.66. The highest BCUT2D eigenvalue weighted by Gasteiger charge is 2.13. The summed E-state index contributed by atoms with van der Waals surface area (Å²) in [5.74, 6) is 1.55. The van der Waals surface area contributed by atoms with E-state index < -0.39 is 4.92 Å². The summed E-state index contributed by atoms with van der Waals surface area (Å²) < 4.78 is 18.0. The van der Waals surface area contributed by atoms with E-state index in [4.69, 9.17) is 14.2 Å². The number of nitrogens with zero attached hydrogens (tertiary/aromatic N) is 4. The van der Waals surface area contributed by atoms with Crippen LogP contribution in [0.1, 0.15) is 12.5 Å². The number of methoxy groups -OCH3 is 3. The molecular weight excluding hydrogens is 420 g/mol. The van der Waals surface area contributed by atoms with E-state index in [1.54, 1.807) is 51.8 Å². The molecule has 10 heteroatoms. The molecule has 162 valence electrons. The van der Waals surface area contributed by atoms with Crippen LogP contribution in [0.3, 0.4) is 0 Å². The second-order valence-electron chi connectivity index (χ2n) is 6.26. The average Bonchev–Trinajstić information content (AvgIpc) is 3.21. The fourth-order valence-corrected chi connectivity index (χ4v) is 3.97. The molecule has 2 aromatic carbocycles. The first-order valence-corrected chi connectivity index (χ1v) is 10.2. The molecule has 0 radical (unpaired) electrons. The maximum Gasteiger partial charge on any atom is 0.270 e. The van der Waals surface area contributed by atoms with Crippen molar-refractivity contribution in [1.82, 2.24) is 4.57 Å². The molecule has 9 nitrogen and oxygen atoms in total. The van der Waals surface area contributed by atoms with Gasteiger partial charge in [-0.2, -0.15) is 5.10 Å². The van der Waals surface area contributed by atoms with Crippen molar-refractivity contribution < 1.29 is 19.1 Å². The minimum atomic E-state index is -0.404. The van der Waals surface area contributed by atoms with Crippen LogP contribution in [0.5, 0.6) is 17.2 Å². The van der Waals surface area contributed by atoms with E-state index in [-0.39, 0.29) is 5.69 Å². The first-order valence-electron chi connectivity index (χ1n) is 9.32.